The van der Waals surface area contributed by atoms with Gasteiger partial charge < -0.3 is 10.5 Å². The van der Waals surface area contributed by atoms with E-state index in [9.17, 15) is 4.79 Å². The van der Waals surface area contributed by atoms with Gasteiger partial charge in [-0.25, -0.2) is 0 Å². The molecule has 0 amide bonds. The van der Waals surface area contributed by atoms with Crippen LogP contribution >= 0.6 is 0 Å². The van der Waals surface area contributed by atoms with E-state index in [2.05, 4.69) is 4.98 Å². The number of hydrogen-bond donors (Lipinski definition) is 1. The van der Waals surface area contributed by atoms with Gasteiger partial charge in [0.1, 0.15) is 5.54 Å². The molecule has 0 spiro atoms. The zero-order valence-electron chi connectivity index (χ0n) is 9.51. The van der Waals surface area contributed by atoms with Crippen LogP contribution in [0.15, 0.2) is 24.5 Å². The molecule has 2 atom stereocenters. The fourth-order valence-electron chi connectivity index (χ4n) is 1.83. The highest BCUT2D eigenvalue weighted by atomic mass is 16.5. The highest BCUT2D eigenvalue weighted by Gasteiger charge is 2.59. The van der Waals surface area contributed by atoms with Gasteiger partial charge in [0.05, 0.1) is 6.10 Å². The number of carbonyl (C=O) groups excluding carboxylic acids is 1. The summed E-state index contributed by atoms with van der Waals surface area (Å²) in [5.41, 5.74) is 6.18. The number of pyridine rings is 1. The quantitative estimate of drug-likeness (QED) is 0.778. The molecule has 0 aromatic carbocycles. The Labute approximate surface area is 94.8 Å². The maximum atomic E-state index is 11.8. The maximum absolute atomic E-state index is 11.8. The van der Waals surface area contributed by atoms with Gasteiger partial charge in [0.15, 0.2) is 0 Å². The molecular weight excluding hydrogens is 204 g/mol. The number of rotatable bonds is 3. The van der Waals surface area contributed by atoms with E-state index in [1.54, 1.807) is 12.4 Å². The van der Waals surface area contributed by atoms with Gasteiger partial charge in [0.25, 0.3) is 0 Å². The average molecular weight is 220 g/mol. The van der Waals surface area contributed by atoms with E-state index in [1.165, 1.54) is 0 Å². The largest absolute Gasteiger partial charge is 0.462 e. The van der Waals surface area contributed by atoms with Gasteiger partial charge in [-0.05, 0) is 31.9 Å². The molecular formula is C12H16N2O2. The number of carbonyl (C=O) groups is 1. The summed E-state index contributed by atoms with van der Waals surface area (Å²) in [5.74, 6) is -0.260. The lowest BCUT2D eigenvalue weighted by atomic mass is 10.1. The van der Waals surface area contributed by atoms with Gasteiger partial charge in [-0.1, -0.05) is 6.07 Å². The average Bonchev–Trinajstić information content (AvgIpc) is 2.93. The van der Waals surface area contributed by atoms with Gasteiger partial charge in [-0.3, -0.25) is 9.78 Å². The minimum atomic E-state index is -0.840. The van der Waals surface area contributed by atoms with Crippen molar-refractivity contribution in [3.8, 4) is 0 Å². The first-order valence-corrected chi connectivity index (χ1v) is 5.44. The molecule has 1 aromatic heterocycles. The minimum Gasteiger partial charge on any atom is -0.462 e. The second-order valence-electron chi connectivity index (χ2n) is 4.54. The van der Waals surface area contributed by atoms with Crippen LogP contribution in [0.5, 0.6) is 0 Å². The van der Waals surface area contributed by atoms with Gasteiger partial charge in [-0.2, -0.15) is 0 Å². The van der Waals surface area contributed by atoms with Crippen molar-refractivity contribution in [3.05, 3.63) is 30.1 Å². The summed E-state index contributed by atoms with van der Waals surface area (Å²) in [6, 6.07) is 3.79. The van der Waals surface area contributed by atoms with Crippen molar-refractivity contribution in [2.45, 2.75) is 37.8 Å². The third kappa shape index (κ3) is 1.93. The number of nitrogens with zero attached hydrogens (tertiary/aromatic N) is 1. The summed E-state index contributed by atoms with van der Waals surface area (Å²) < 4.78 is 5.14. The molecule has 2 rings (SSSR count). The molecule has 4 nitrogen and oxygen atoms in total. The van der Waals surface area contributed by atoms with E-state index < -0.39 is 5.54 Å². The number of nitrogens with two attached hydrogens (primary N) is 1. The Morgan fingerprint density at radius 2 is 2.44 bits per heavy atom. The first-order chi connectivity index (χ1) is 7.54. The fourth-order valence-corrected chi connectivity index (χ4v) is 1.83. The van der Waals surface area contributed by atoms with Crippen LogP contribution < -0.4 is 5.73 Å². The Balaban J connectivity index is 2.07. The zero-order chi connectivity index (χ0) is 11.8. The lowest BCUT2D eigenvalue weighted by Gasteiger charge is -2.13. The van der Waals surface area contributed by atoms with Crippen LogP contribution in [-0.2, 0) is 9.53 Å². The van der Waals surface area contributed by atoms with E-state index in [-0.39, 0.29) is 18.0 Å². The molecule has 86 valence electrons. The third-order valence-corrected chi connectivity index (χ3v) is 2.81. The summed E-state index contributed by atoms with van der Waals surface area (Å²) in [6.45, 7) is 3.64. The topological polar surface area (TPSA) is 65.2 Å². The predicted molar refractivity (Wildman–Crippen MR) is 59.7 cm³/mol. The maximum Gasteiger partial charge on any atom is 0.327 e. The lowest BCUT2D eigenvalue weighted by molar-refractivity contribution is -0.150. The van der Waals surface area contributed by atoms with Crippen molar-refractivity contribution >= 4 is 5.97 Å². The number of ether oxygens (including phenoxy) is 1. The molecule has 0 bridgehead atoms. The second-order valence-corrected chi connectivity index (χ2v) is 4.54. The molecule has 0 aliphatic heterocycles. The van der Waals surface area contributed by atoms with Crippen LogP contribution in [-0.4, -0.2) is 22.6 Å². The molecule has 1 aliphatic rings. The molecule has 1 aliphatic carbocycles. The molecule has 2 N–H and O–H groups in total. The van der Waals surface area contributed by atoms with E-state index in [4.69, 9.17) is 10.5 Å². The molecule has 1 fully saturated rings. The van der Waals surface area contributed by atoms with Gasteiger partial charge in [-0.15, -0.1) is 0 Å². The van der Waals surface area contributed by atoms with E-state index in [0.29, 0.717) is 6.42 Å². The van der Waals surface area contributed by atoms with E-state index >= 15 is 0 Å². The summed E-state index contributed by atoms with van der Waals surface area (Å²) in [4.78, 5) is 15.8. The zero-order valence-corrected chi connectivity index (χ0v) is 9.51. The summed E-state index contributed by atoms with van der Waals surface area (Å²) >= 11 is 0. The van der Waals surface area contributed by atoms with Gasteiger partial charge in [0, 0.05) is 18.3 Å². The van der Waals surface area contributed by atoms with Crippen LogP contribution in [0.3, 0.4) is 0 Å². The highest BCUT2D eigenvalue weighted by Crippen LogP contribution is 2.50. The van der Waals surface area contributed by atoms with Crippen molar-refractivity contribution in [1.82, 2.24) is 4.98 Å². The van der Waals surface area contributed by atoms with Crippen molar-refractivity contribution in [3.63, 3.8) is 0 Å². The molecule has 16 heavy (non-hydrogen) atoms. The molecule has 0 radical (unpaired) electrons. The van der Waals surface area contributed by atoms with E-state index in [0.717, 1.165) is 5.56 Å². The van der Waals surface area contributed by atoms with Crippen molar-refractivity contribution in [1.29, 1.82) is 0 Å². The minimum absolute atomic E-state index is 0.0486. The summed E-state index contributed by atoms with van der Waals surface area (Å²) in [5, 5.41) is 0. The van der Waals surface area contributed by atoms with Crippen LogP contribution in [0, 0.1) is 0 Å². The van der Waals surface area contributed by atoms with Crippen molar-refractivity contribution < 1.29 is 9.53 Å². The van der Waals surface area contributed by atoms with Gasteiger partial charge in [0.2, 0.25) is 0 Å². The summed E-state index contributed by atoms with van der Waals surface area (Å²) in [6.07, 6.45) is 3.98. The second kappa shape index (κ2) is 3.87. The van der Waals surface area contributed by atoms with Crippen LogP contribution in [0.4, 0.5) is 0 Å². The monoisotopic (exact) mass is 220 g/mol. The third-order valence-electron chi connectivity index (χ3n) is 2.81. The molecule has 1 aromatic rings. The molecule has 1 heterocycles. The van der Waals surface area contributed by atoms with E-state index in [1.807, 2.05) is 26.0 Å². The lowest BCUT2D eigenvalue weighted by Crippen LogP contribution is -2.38. The Hall–Kier alpha value is -1.42. The highest BCUT2D eigenvalue weighted by molar-refractivity contribution is 5.86. The van der Waals surface area contributed by atoms with Crippen LogP contribution in [0.2, 0.25) is 0 Å². The first kappa shape index (κ1) is 11.1. The molecule has 4 heteroatoms. The number of esters is 1. The SMILES string of the molecule is CC(C)OC(=O)C1(N)CC1c1cccnc1. The predicted octanol–water partition coefficient (Wildman–Crippen LogP) is 1.22. The number of hydrogen-bond acceptors (Lipinski definition) is 4. The fraction of sp³-hybridized carbons (Fsp3) is 0.500. The smallest absolute Gasteiger partial charge is 0.327 e. The molecule has 0 saturated heterocycles. The van der Waals surface area contributed by atoms with Crippen LogP contribution in [0.25, 0.3) is 0 Å². The van der Waals surface area contributed by atoms with Crippen LogP contribution in [0.1, 0.15) is 31.7 Å². The Bertz CT molecular complexity index is 391. The summed E-state index contributed by atoms with van der Waals surface area (Å²) in [7, 11) is 0. The first-order valence-electron chi connectivity index (χ1n) is 5.44. The number of aromatic nitrogens is 1. The normalized spacial score (nSPS) is 27.9. The van der Waals surface area contributed by atoms with Gasteiger partial charge >= 0.3 is 5.97 Å². The molecule has 2 unspecified atom stereocenters. The van der Waals surface area contributed by atoms with Crippen molar-refractivity contribution in [2.75, 3.05) is 0 Å². The Kier molecular flexibility index (Phi) is 2.68. The Morgan fingerprint density at radius 3 is 3.00 bits per heavy atom. The molecule has 1 saturated carbocycles. The Morgan fingerprint density at radius 1 is 1.69 bits per heavy atom. The van der Waals surface area contributed by atoms with Crippen molar-refractivity contribution in [2.24, 2.45) is 5.73 Å². The standard InChI is InChI=1S/C12H16N2O2/c1-8(2)16-11(15)12(13)6-10(12)9-4-3-5-14-7-9/h3-5,7-8,10H,6,13H2,1-2H3.